The van der Waals surface area contributed by atoms with Crippen molar-refractivity contribution in [2.75, 3.05) is 0 Å². The van der Waals surface area contributed by atoms with Crippen LogP contribution < -0.4 is 0 Å². The molecule has 52 valence electrons. The van der Waals surface area contributed by atoms with E-state index in [0.717, 1.165) is 5.57 Å². The molecule has 0 unspecified atom stereocenters. The molecule has 0 spiro atoms. The quantitative estimate of drug-likeness (QED) is 0.493. The Morgan fingerprint density at radius 2 is 1.44 bits per heavy atom. The first-order valence-electron chi connectivity index (χ1n) is 2.75. The summed E-state index contributed by atoms with van der Waals surface area (Å²) in [5.74, 6) is 0.167. The van der Waals surface area contributed by atoms with Gasteiger partial charge in [0.2, 0.25) is 0 Å². The Labute approximate surface area is 57.1 Å². The number of carbonyl (C=O) groups is 1. The zero-order valence-corrected chi connectivity index (χ0v) is 6.40. The van der Waals surface area contributed by atoms with Crippen LogP contribution in [0.5, 0.6) is 0 Å². The molecule has 0 aliphatic carbocycles. The Morgan fingerprint density at radius 1 is 1.33 bits per heavy atom. The zero-order chi connectivity index (χ0) is 7.86. The Morgan fingerprint density at radius 3 is 1.44 bits per heavy atom. The molecule has 0 aromatic carbocycles. The van der Waals surface area contributed by atoms with Crippen molar-refractivity contribution >= 4 is 5.78 Å². The number of Topliss-reactive ketones (excluding diaryl/α,β-unsaturated/α-hetero) is 1. The van der Waals surface area contributed by atoms with Crippen LogP contribution in [0.25, 0.3) is 0 Å². The van der Waals surface area contributed by atoms with Crippen LogP contribution >= 0.6 is 0 Å². The molecule has 0 amide bonds. The van der Waals surface area contributed by atoms with E-state index in [0.29, 0.717) is 0 Å². The van der Waals surface area contributed by atoms with Gasteiger partial charge in [-0.1, -0.05) is 24.8 Å². The zero-order valence-electron chi connectivity index (χ0n) is 6.40. The van der Waals surface area contributed by atoms with Crippen LogP contribution in [0.15, 0.2) is 24.8 Å². The van der Waals surface area contributed by atoms with Gasteiger partial charge in [0.15, 0.2) is 0 Å². The highest BCUT2D eigenvalue weighted by Crippen LogP contribution is 1.81. The molecule has 0 bridgehead atoms. The first-order valence-corrected chi connectivity index (χ1v) is 2.75. The molecule has 1 heteroatoms. The first kappa shape index (κ1) is 11.0. The van der Waals surface area contributed by atoms with E-state index in [9.17, 15) is 4.79 Å². The van der Waals surface area contributed by atoms with Crippen molar-refractivity contribution in [1.82, 2.24) is 0 Å². The van der Waals surface area contributed by atoms with Gasteiger partial charge in [0.1, 0.15) is 5.78 Å². The van der Waals surface area contributed by atoms with Crippen molar-refractivity contribution < 1.29 is 4.79 Å². The summed E-state index contributed by atoms with van der Waals surface area (Å²) in [6.45, 7) is 12.0. The van der Waals surface area contributed by atoms with Crippen LogP contribution in [0.4, 0.5) is 0 Å². The lowest BCUT2D eigenvalue weighted by Gasteiger charge is -1.71. The molecule has 0 radical (unpaired) electrons. The third-order valence-corrected chi connectivity index (χ3v) is 0.348. The number of allylic oxidation sites excluding steroid dienone is 2. The third-order valence-electron chi connectivity index (χ3n) is 0.348. The van der Waals surface area contributed by atoms with Gasteiger partial charge in [-0.15, -0.1) is 0 Å². The van der Waals surface area contributed by atoms with Crippen molar-refractivity contribution in [3.63, 3.8) is 0 Å². The molecule has 0 fully saturated rings. The minimum absolute atomic E-state index is 0.167. The molecule has 0 aromatic rings. The Hall–Kier alpha value is -0.850. The summed E-state index contributed by atoms with van der Waals surface area (Å²) in [4.78, 5) is 9.44. The minimum atomic E-state index is 0.167. The number of hydrogen-bond acceptors (Lipinski definition) is 1. The van der Waals surface area contributed by atoms with Gasteiger partial charge in [-0.25, -0.2) is 0 Å². The molecule has 0 N–H and O–H groups in total. The van der Waals surface area contributed by atoms with E-state index in [2.05, 4.69) is 13.2 Å². The van der Waals surface area contributed by atoms with E-state index in [1.807, 2.05) is 6.92 Å². The number of rotatable bonds is 1. The molecular formula is C8H14O. The van der Waals surface area contributed by atoms with Gasteiger partial charge in [-0.2, -0.15) is 0 Å². The smallest absolute Gasteiger partial charge is 0.126 e. The summed E-state index contributed by atoms with van der Waals surface area (Å²) in [7, 11) is 0. The topological polar surface area (TPSA) is 17.1 Å². The second-order valence-electron chi connectivity index (χ2n) is 1.96. The molecule has 0 rings (SSSR count). The Balaban J connectivity index is 0. The summed E-state index contributed by atoms with van der Waals surface area (Å²) < 4.78 is 0. The fourth-order valence-electron chi connectivity index (χ4n) is 0. The van der Waals surface area contributed by atoms with E-state index < -0.39 is 0 Å². The van der Waals surface area contributed by atoms with Gasteiger partial charge < -0.3 is 4.79 Å². The summed E-state index contributed by atoms with van der Waals surface area (Å²) in [5.41, 5.74) is 1.02. The maximum atomic E-state index is 9.44. The third kappa shape index (κ3) is 143. The van der Waals surface area contributed by atoms with E-state index in [1.54, 1.807) is 6.08 Å². The fraction of sp³-hybridized carbons (Fsp3) is 0.375. The molecule has 0 aromatic heterocycles. The van der Waals surface area contributed by atoms with E-state index >= 15 is 0 Å². The Bertz CT molecular complexity index is 108. The van der Waals surface area contributed by atoms with Gasteiger partial charge >= 0.3 is 0 Å². The highest BCUT2D eigenvalue weighted by Gasteiger charge is 1.62. The SMILES string of the molecule is C=CC(=C)C.CC(C)=O. The van der Waals surface area contributed by atoms with Crippen molar-refractivity contribution in [3.8, 4) is 0 Å². The van der Waals surface area contributed by atoms with Crippen LogP contribution in [-0.4, -0.2) is 5.78 Å². The van der Waals surface area contributed by atoms with Crippen molar-refractivity contribution in [3.05, 3.63) is 24.8 Å². The molecule has 0 atom stereocenters. The second kappa shape index (κ2) is 7.15. The lowest BCUT2D eigenvalue weighted by atomic mass is 10.4. The average molecular weight is 126 g/mol. The molecule has 0 saturated carbocycles. The van der Waals surface area contributed by atoms with Crippen molar-refractivity contribution in [1.29, 1.82) is 0 Å². The maximum absolute atomic E-state index is 9.44. The summed E-state index contributed by atoms with van der Waals surface area (Å²) >= 11 is 0. The van der Waals surface area contributed by atoms with E-state index in [4.69, 9.17) is 0 Å². The van der Waals surface area contributed by atoms with Crippen molar-refractivity contribution in [2.45, 2.75) is 20.8 Å². The predicted molar refractivity (Wildman–Crippen MR) is 41.4 cm³/mol. The van der Waals surface area contributed by atoms with Crippen LogP contribution in [0, 0.1) is 0 Å². The molecule has 0 heterocycles. The van der Waals surface area contributed by atoms with Crippen molar-refractivity contribution in [2.24, 2.45) is 0 Å². The highest BCUT2D eigenvalue weighted by molar-refractivity contribution is 5.72. The standard InChI is InChI=1S/C5H8.C3H6O/c1-4-5(2)3;1-3(2)4/h4H,1-2H2,3H3;1-2H3. The number of ketones is 1. The Kier molecular flexibility index (Phi) is 8.75. The largest absolute Gasteiger partial charge is 0.300 e. The highest BCUT2D eigenvalue weighted by atomic mass is 16.1. The molecular weight excluding hydrogens is 112 g/mol. The fourth-order valence-corrected chi connectivity index (χ4v) is 0. The summed E-state index contributed by atoms with van der Waals surface area (Å²) in [6.07, 6.45) is 1.72. The first-order chi connectivity index (χ1) is 4.00. The van der Waals surface area contributed by atoms with Crippen LogP contribution in [0.3, 0.4) is 0 Å². The molecule has 1 nitrogen and oxygen atoms in total. The van der Waals surface area contributed by atoms with Crippen LogP contribution in [0.1, 0.15) is 20.8 Å². The normalized spacial score (nSPS) is 6.56. The molecule has 0 saturated heterocycles. The lowest BCUT2D eigenvalue weighted by Crippen LogP contribution is -1.69. The van der Waals surface area contributed by atoms with Gasteiger partial charge in [-0.3, -0.25) is 0 Å². The van der Waals surface area contributed by atoms with Gasteiger partial charge in [0.05, 0.1) is 0 Å². The lowest BCUT2D eigenvalue weighted by molar-refractivity contribution is -0.114. The maximum Gasteiger partial charge on any atom is 0.126 e. The van der Waals surface area contributed by atoms with Crippen LogP contribution in [-0.2, 0) is 4.79 Å². The summed E-state index contributed by atoms with van der Waals surface area (Å²) in [5, 5.41) is 0. The molecule has 9 heavy (non-hydrogen) atoms. The number of carbonyl (C=O) groups excluding carboxylic acids is 1. The van der Waals surface area contributed by atoms with Gasteiger partial charge in [-0.05, 0) is 20.8 Å². The predicted octanol–water partition coefficient (Wildman–Crippen LogP) is 2.34. The minimum Gasteiger partial charge on any atom is -0.300 e. The van der Waals surface area contributed by atoms with E-state index in [-0.39, 0.29) is 5.78 Å². The molecule has 0 aliphatic heterocycles. The van der Waals surface area contributed by atoms with Gasteiger partial charge in [0, 0.05) is 0 Å². The van der Waals surface area contributed by atoms with E-state index in [1.165, 1.54) is 13.8 Å². The summed E-state index contributed by atoms with van der Waals surface area (Å²) in [6, 6.07) is 0. The van der Waals surface area contributed by atoms with Crippen LogP contribution in [0.2, 0.25) is 0 Å². The second-order valence-corrected chi connectivity index (χ2v) is 1.96. The van der Waals surface area contributed by atoms with Gasteiger partial charge in [0.25, 0.3) is 0 Å². The number of hydrogen-bond donors (Lipinski definition) is 0. The average Bonchev–Trinajstić information content (AvgIpc) is 1.65. The molecule has 0 aliphatic rings. The monoisotopic (exact) mass is 126 g/mol.